The first-order chi connectivity index (χ1) is 44.9. The first-order valence-corrected chi connectivity index (χ1v) is 41.5. The van der Waals surface area contributed by atoms with Crippen LogP contribution in [0.15, 0.2) is 0 Å². The molecule has 0 aliphatic rings. The van der Waals surface area contributed by atoms with Crippen molar-refractivity contribution in [1.29, 1.82) is 0 Å². The molecule has 0 aromatic heterocycles. The van der Waals surface area contributed by atoms with Gasteiger partial charge in [-0.15, -0.1) is 0 Å². The van der Waals surface area contributed by atoms with Crippen molar-refractivity contribution in [2.45, 2.75) is 400 Å². The third-order valence-corrected chi connectivity index (χ3v) is 19.5. The Labute approximate surface area is 568 Å². The van der Waals surface area contributed by atoms with Gasteiger partial charge in [-0.05, 0) is 37.5 Å². The minimum absolute atomic E-state index is 0.105. The second-order valence-electron chi connectivity index (χ2n) is 27.4. The van der Waals surface area contributed by atoms with Crippen LogP contribution in [0, 0.1) is 11.8 Å². The summed E-state index contributed by atoms with van der Waals surface area (Å²) >= 11 is 0. The van der Waals surface area contributed by atoms with Crippen molar-refractivity contribution in [1.82, 2.24) is 0 Å². The predicted octanol–water partition coefficient (Wildman–Crippen LogP) is 21.6. The zero-order chi connectivity index (χ0) is 68.6. The number of phosphoric ester groups is 2. The number of hydrogen-bond acceptors (Lipinski definition) is 15. The maximum absolute atomic E-state index is 13.1. The summed E-state index contributed by atoms with van der Waals surface area (Å²) in [5.74, 6) is -0.556. The third-order valence-electron chi connectivity index (χ3n) is 17.6. The molecule has 0 heterocycles. The van der Waals surface area contributed by atoms with Crippen molar-refractivity contribution in [3.8, 4) is 0 Å². The van der Waals surface area contributed by atoms with Gasteiger partial charge in [-0.3, -0.25) is 37.3 Å². The molecule has 0 saturated carbocycles. The molecule has 19 heteroatoms. The number of carbonyl (C=O) groups excluding carboxylic acids is 4. The Kier molecular flexibility index (Phi) is 64.6. The third kappa shape index (κ3) is 67.0. The average molecular weight is 1370 g/mol. The summed E-state index contributed by atoms with van der Waals surface area (Å²) in [7, 11) is -9.90. The molecule has 0 rings (SSSR count). The minimum atomic E-state index is -4.95. The molecule has 0 fully saturated rings. The molecule has 0 saturated heterocycles. The predicted molar refractivity (Wildman–Crippen MR) is 377 cm³/mol. The van der Waals surface area contributed by atoms with Crippen LogP contribution in [0.5, 0.6) is 0 Å². The van der Waals surface area contributed by atoms with Crippen LogP contribution in [0.1, 0.15) is 382 Å². The number of aliphatic hydroxyl groups is 1. The number of hydrogen-bond donors (Lipinski definition) is 3. The fourth-order valence-corrected chi connectivity index (χ4v) is 12.8. The molecule has 0 amide bonds. The van der Waals surface area contributed by atoms with Crippen molar-refractivity contribution in [3.63, 3.8) is 0 Å². The second kappa shape index (κ2) is 66.0. The molecular formula is C74H144O17P2. The Balaban J connectivity index is 5.13. The molecule has 0 bridgehead atoms. The van der Waals surface area contributed by atoms with E-state index in [0.717, 1.165) is 108 Å². The molecule has 6 atom stereocenters. The van der Waals surface area contributed by atoms with Gasteiger partial charge in [0.25, 0.3) is 0 Å². The lowest BCUT2D eigenvalue weighted by Crippen LogP contribution is -2.30. The number of rotatable bonds is 73. The fraction of sp³-hybridized carbons (Fsp3) is 0.946. The van der Waals surface area contributed by atoms with Crippen molar-refractivity contribution in [3.05, 3.63) is 0 Å². The van der Waals surface area contributed by atoms with E-state index in [1.807, 2.05) is 0 Å². The van der Waals surface area contributed by atoms with Gasteiger partial charge < -0.3 is 33.8 Å². The van der Waals surface area contributed by atoms with Crippen LogP contribution < -0.4 is 0 Å². The largest absolute Gasteiger partial charge is 0.472 e. The lowest BCUT2D eigenvalue weighted by atomic mass is 9.99. The van der Waals surface area contributed by atoms with E-state index >= 15 is 0 Å². The Morgan fingerprint density at radius 2 is 0.548 bits per heavy atom. The molecule has 0 spiro atoms. The molecule has 0 aliphatic carbocycles. The van der Waals surface area contributed by atoms with Crippen molar-refractivity contribution in [2.75, 3.05) is 39.6 Å². The van der Waals surface area contributed by atoms with Gasteiger partial charge in [-0.1, -0.05) is 330 Å². The Bertz CT molecular complexity index is 1810. The van der Waals surface area contributed by atoms with E-state index < -0.39 is 97.5 Å². The first-order valence-electron chi connectivity index (χ1n) is 38.5. The normalized spacial score (nSPS) is 14.3. The number of esters is 4. The fourth-order valence-electron chi connectivity index (χ4n) is 11.3. The number of ether oxygens (including phenoxy) is 4. The van der Waals surface area contributed by atoms with Gasteiger partial charge in [0, 0.05) is 25.7 Å². The van der Waals surface area contributed by atoms with E-state index in [4.69, 9.17) is 37.0 Å². The van der Waals surface area contributed by atoms with E-state index in [2.05, 4.69) is 41.5 Å². The van der Waals surface area contributed by atoms with Gasteiger partial charge in [0.2, 0.25) is 0 Å². The van der Waals surface area contributed by atoms with Gasteiger partial charge >= 0.3 is 39.5 Å². The van der Waals surface area contributed by atoms with Crippen LogP contribution in [0.2, 0.25) is 0 Å². The summed E-state index contributed by atoms with van der Waals surface area (Å²) in [4.78, 5) is 72.4. The topological polar surface area (TPSA) is 237 Å². The SMILES string of the molecule is CCCCCCCCCCCCCCCCCCCCCCC(=O)O[C@H](COC(=O)CCCCCCCCCCCCCC(C)C)COP(=O)(O)OC[C@@H](O)COP(=O)(O)OC[C@@H](COC(=O)CCCCCCC)OC(=O)CCCCCCCCCCCCC(C)CC. The molecule has 3 N–H and O–H groups in total. The van der Waals surface area contributed by atoms with E-state index in [1.165, 1.54) is 193 Å². The zero-order valence-corrected chi connectivity index (χ0v) is 62.3. The molecule has 3 unspecified atom stereocenters. The first kappa shape index (κ1) is 91.1. The maximum Gasteiger partial charge on any atom is 0.472 e. The van der Waals surface area contributed by atoms with Crippen LogP contribution in [-0.4, -0.2) is 96.7 Å². The van der Waals surface area contributed by atoms with E-state index in [9.17, 15) is 43.2 Å². The molecule has 552 valence electrons. The highest BCUT2D eigenvalue weighted by molar-refractivity contribution is 7.47. The number of phosphoric acid groups is 2. The number of unbranched alkanes of at least 4 members (excludes halogenated alkanes) is 42. The lowest BCUT2D eigenvalue weighted by Gasteiger charge is -2.21. The summed E-state index contributed by atoms with van der Waals surface area (Å²) < 4.78 is 68.2. The van der Waals surface area contributed by atoms with Gasteiger partial charge in [-0.25, -0.2) is 9.13 Å². The highest BCUT2D eigenvalue weighted by Gasteiger charge is 2.30. The monoisotopic (exact) mass is 1370 g/mol. The van der Waals surface area contributed by atoms with Crippen molar-refractivity contribution < 1.29 is 80.2 Å². The van der Waals surface area contributed by atoms with Crippen LogP contribution in [-0.2, 0) is 65.4 Å². The molecule has 0 aliphatic heterocycles. The van der Waals surface area contributed by atoms with Crippen molar-refractivity contribution >= 4 is 39.5 Å². The standard InChI is InChI=1S/C74H144O17P2/c1-7-10-12-14-15-16-17-18-19-20-21-22-23-24-25-28-35-40-46-52-58-74(79)91-70(63-85-72(77)57-51-45-39-34-29-26-27-32-37-43-48-54-66(4)5)65-89-93(82,83)87-61-68(75)60-86-92(80,81)88-64-69(62-84-71(76)56-50-42-13-11-8-2)90-73(78)59-53-47-41-36-31-30-33-38-44-49-55-67(6)9-3/h66-70,75H,7-65H2,1-6H3,(H,80,81)(H,82,83)/t67?,68-,69+,70+/m0/s1. The number of carbonyl (C=O) groups is 4. The van der Waals surface area contributed by atoms with Crippen molar-refractivity contribution in [2.24, 2.45) is 11.8 Å². The van der Waals surface area contributed by atoms with E-state index in [-0.39, 0.29) is 25.7 Å². The zero-order valence-electron chi connectivity index (χ0n) is 60.6. The smallest absolute Gasteiger partial charge is 0.462 e. The Hall–Kier alpha value is -1.94. The van der Waals surface area contributed by atoms with E-state index in [1.54, 1.807) is 0 Å². The van der Waals surface area contributed by atoms with Gasteiger partial charge in [-0.2, -0.15) is 0 Å². The summed E-state index contributed by atoms with van der Waals surface area (Å²) in [5.41, 5.74) is 0. The summed E-state index contributed by atoms with van der Waals surface area (Å²) in [6.45, 7) is 9.52. The summed E-state index contributed by atoms with van der Waals surface area (Å²) in [6.07, 6.45) is 53.1. The summed E-state index contributed by atoms with van der Waals surface area (Å²) in [6, 6.07) is 0. The van der Waals surface area contributed by atoms with Gasteiger partial charge in [0.05, 0.1) is 26.4 Å². The minimum Gasteiger partial charge on any atom is -0.462 e. The van der Waals surface area contributed by atoms with Gasteiger partial charge in [0.15, 0.2) is 12.2 Å². The van der Waals surface area contributed by atoms with Crippen LogP contribution in [0.3, 0.4) is 0 Å². The Morgan fingerprint density at radius 1 is 0.312 bits per heavy atom. The number of aliphatic hydroxyl groups excluding tert-OH is 1. The quantitative estimate of drug-likeness (QED) is 0.0222. The molecule has 0 aromatic rings. The van der Waals surface area contributed by atoms with Crippen LogP contribution in [0.4, 0.5) is 0 Å². The summed E-state index contributed by atoms with van der Waals surface area (Å²) in [5, 5.41) is 10.6. The average Bonchev–Trinajstić information content (AvgIpc) is 1.98. The van der Waals surface area contributed by atoms with E-state index in [0.29, 0.717) is 25.7 Å². The highest BCUT2D eigenvalue weighted by Crippen LogP contribution is 2.45. The van der Waals surface area contributed by atoms with Gasteiger partial charge in [0.1, 0.15) is 19.3 Å². The molecule has 17 nitrogen and oxygen atoms in total. The molecule has 0 radical (unpaired) electrons. The molecular weight excluding hydrogens is 1220 g/mol. The van der Waals surface area contributed by atoms with Crippen LogP contribution in [0.25, 0.3) is 0 Å². The highest BCUT2D eigenvalue weighted by atomic mass is 31.2. The lowest BCUT2D eigenvalue weighted by molar-refractivity contribution is -0.161. The maximum atomic E-state index is 13.1. The second-order valence-corrected chi connectivity index (χ2v) is 30.3. The molecule has 0 aromatic carbocycles. The Morgan fingerprint density at radius 3 is 0.817 bits per heavy atom. The van der Waals surface area contributed by atoms with Crippen LogP contribution >= 0.6 is 15.6 Å². The molecule has 93 heavy (non-hydrogen) atoms.